The van der Waals surface area contributed by atoms with Crippen LogP contribution in [-0.2, 0) is 4.79 Å². The summed E-state index contributed by atoms with van der Waals surface area (Å²) in [6.45, 7) is 1.84. The van der Waals surface area contributed by atoms with Crippen LogP contribution in [0.4, 0.5) is 11.4 Å². The smallest absolute Gasteiger partial charge is 0.255 e. The minimum absolute atomic E-state index is 0.0756. The van der Waals surface area contributed by atoms with Crippen LogP contribution in [0, 0.1) is 0 Å². The van der Waals surface area contributed by atoms with Crippen LogP contribution in [0.1, 0.15) is 27.6 Å². The Morgan fingerprint density at radius 3 is 2.60 bits per heavy atom. The van der Waals surface area contributed by atoms with Crippen molar-refractivity contribution >= 4 is 40.9 Å². The first-order valence-electron chi connectivity index (χ1n) is 7.73. The van der Waals surface area contributed by atoms with Crippen molar-refractivity contribution in [3.8, 4) is 0 Å². The molecule has 1 aliphatic rings. The van der Waals surface area contributed by atoms with E-state index in [4.69, 9.17) is 0 Å². The Morgan fingerprint density at radius 2 is 1.84 bits per heavy atom. The summed E-state index contributed by atoms with van der Waals surface area (Å²) in [4.78, 5) is 36.9. The molecule has 1 atom stereocenters. The number of carbonyl (C=O) groups excluding carboxylic acids is 3. The fraction of sp³-hybridized carbons (Fsp3) is 0.167. The van der Waals surface area contributed by atoms with Crippen LogP contribution in [0.2, 0.25) is 0 Å². The van der Waals surface area contributed by atoms with Gasteiger partial charge in [-0.2, -0.15) is 0 Å². The van der Waals surface area contributed by atoms with E-state index in [1.165, 1.54) is 11.8 Å². The zero-order valence-corrected chi connectivity index (χ0v) is 14.6. The van der Waals surface area contributed by atoms with Crippen LogP contribution in [-0.4, -0.2) is 30.0 Å². The second-order valence-electron chi connectivity index (χ2n) is 5.57. The molecule has 0 aromatic heterocycles. The van der Waals surface area contributed by atoms with Crippen LogP contribution in [0.5, 0.6) is 0 Å². The molecule has 6 nitrogen and oxygen atoms in total. The number of carbonyl (C=O) groups is 3. The molecule has 1 aliphatic heterocycles. The predicted octanol–water partition coefficient (Wildman–Crippen LogP) is 2.73. The monoisotopic (exact) mass is 355 g/mol. The Hall–Kier alpha value is -2.80. The molecule has 0 saturated heterocycles. The molecule has 0 aliphatic carbocycles. The molecule has 3 rings (SSSR count). The molecule has 7 heteroatoms. The van der Waals surface area contributed by atoms with E-state index in [0.717, 1.165) is 4.90 Å². The van der Waals surface area contributed by atoms with Gasteiger partial charge in [0, 0.05) is 28.8 Å². The molecule has 1 heterocycles. The highest BCUT2D eigenvalue weighted by atomic mass is 32.2. The topological polar surface area (TPSA) is 87.3 Å². The standard InChI is InChI=1S/C18H17N3O3S/c1-10-16(22)21-14-9-12(6-7-15(14)25-10)18(24)20-13-5-3-4-11(8-13)17(23)19-2/h3-10H,1-2H3,(H,19,23)(H,20,24)(H,21,22). The SMILES string of the molecule is CNC(=O)c1cccc(NC(=O)c2ccc3c(c2)NC(=O)C(C)S3)c1. The van der Waals surface area contributed by atoms with Gasteiger partial charge in [0.25, 0.3) is 11.8 Å². The highest BCUT2D eigenvalue weighted by Gasteiger charge is 2.23. The lowest BCUT2D eigenvalue weighted by molar-refractivity contribution is -0.115. The van der Waals surface area contributed by atoms with Gasteiger partial charge in [-0.05, 0) is 43.3 Å². The Kier molecular flexibility index (Phi) is 4.76. The first kappa shape index (κ1) is 17.0. The number of nitrogens with one attached hydrogen (secondary N) is 3. The van der Waals surface area contributed by atoms with Gasteiger partial charge < -0.3 is 16.0 Å². The molecule has 128 valence electrons. The van der Waals surface area contributed by atoms with Gasteiger partial charge in [0.05, 0.1) is 10.9 Å². The van der Waals surface area contributed by atoms with Crippen molar-refractivity contribution < 1.29 is 14.4 Å². The third-order valence-electron chi connectivity index (χ3n) is 3.78. The molecular formula is C18H17N3O3S. The number of hydrogen-bond acceptors (Lipinski definition) is 4. The van der Waals surface area contributed by atoms with Gasteiger partial charge >= 0.3 is 0 Å². The summed E-state index contributed by atoms with van der Waals surface area (Å²) in [5.41, 5.74) is 2.05. The van der Waals surface area contributed by atoms with E-state index in [2.05, 4.69) is 16.0 Å². The van der Waals surface area contributed by atoms with E-state index >= 15 is 0 Å². The largest absolute Gasteiger partial charge is 0.355 e. The minimum atomic E-state index is -0.310. The van der Waals surface area contributed by atoms with Gasteiger partial charge in [-0.3, -0.25) is 14.4 Å². The number of amides is 3. The van der Waals surface area contributed by atoms with Crippen LogP contribution in [0.3, 0.4) is 0 Å². The number of rotatable bonds is 3. The summed E-state index contributed by atoms with van der Waals surface area (Å²) < 4.78 is 0. The highest BCUT2D eigenvalue weighted by molar-refractivity contribution is 8.00. The quantitative estimate of drug-likeness (QED) is 0.790. The maximum atomic E-state index is 12.5. The first-order valence-corrected chi connectivity index (χ1v) is 8.61. The average Bonchev–Trinajstić information content (AvgIpc) is 2.61. The van der Waals surface area contributed by atoms with Gasteiger partial charge in [-0.1, -0.05) is 6.07 Å². The minimum Gasteiger partial charge on any atom is -0.355 e. The molecule has 2 aromatic rings. The van der Waals surface area contributed by atoms with E-state index in [9.17, 15) is 14.4 Å². The van der Waals surface area contributed by atoms with Crippen LogP contribution >= 0.6 is 11.8 Å². The molecule has 0 radical (unpaired) electrons. The number of hydrogen-bond donors (Lipinski definition) is 3. The van der Waals surface area contributed by atoms with Crippen molar-refractivity contribution in [1.82, 2.24) is 5.32 Å². The fourth-order valence-corrected chi connectivity index (χ4v) is 3.37. The zero-order valence-electron chi connectivity index (χ0n) is 13.8. The van der Waals surface area contributed by atoms with Crippen molar-refractivity contribution in [1.29, 1.82) is 0 Å². The first-order chi connectivity index (χ1) is 12.0. The summed E-state index contributed by atoms with van der Waals surface area (Å²) in [6.07, 6.45) is 0. The summed E-state index contributed by atoms with van der Waals surface area (Å²) in [5.74, 6) is -0.609. The molecule has 3 amide bonds. The lowest BCUT2D eigenvalue weighted by Crippen LogP contribution is -2.26. The van der Waals surface area contributed by atoms with Gasteiger partial charge in [0.1, 0.15) is 0 Å². The van der Waals surface area contributed by atoms with E-state index < -0.39 is 0 Å². The van der Waals surface area contributed by atoms with Crippen LogP contribution in [0.15, 0.2) is 47.4 Å². The third kappa shape index (κ3) is 3.66. The Morgan fingerprint density at radius 1 is 1.08 bits per heavy atom. The summed E-state index contributed by atoms with van der Waals surface area (Å²) in [5, 5.41) is 7.96. The fourth-order valence-electron chi connectivity index (χ4n) is 2.44. The van der Waals surface area contributed by atoms with E-state index in [-0.39, 0.29) is 23.0 Å². The van der Waals surface area contributed by atoms with Crippen LogP contribution in [0.25, 0.3) is 0 Å². The Balaban J connectivity index is 1.79. The molecule has 25 heavy (non-hydrogen) atoms. The maximum absolute atomic E-state index is 12.5. The van der Waals surface area contributed by atoms with E-state index in [0.29, 0.717) is 22.5 Å². The van der Waals surface area contributed by atoms with Crippen molar-refractivity contribution in [2.75, 3.05) is 17.7 Å². The lowest BCUT2D eigenvalue weighted by atomic mass is 10.1. The van der Waals surface area contributed by atoms with Crippen molar-refractivity contribution in [2.45, 2.75) is 17.1 Å². The molecule has 0 spiro atoms. The molecule has 1 unspecified atom stereocenters. The summed E-state index contributed by atoms with van der Waals surface area (Å²) in [7, 11) is 1.55. The van der Waals surface area contributed by atoms with E-state index in [1.54, 1.807) is 43.4 Å². The van der Waals surface area contributed by atoms with Crippen molar-refractivity contribution in [2.24, 2.45) is 0 Å². The van der Waals surface area contributed by atoms with Gasteiger partial charge in [0.2, 0.25) is 5.91 Å². The van der Waals surface area contributed by atoms with E-state index in [1.807, 2.05) is 13.0 Å². The second kappa shape index (κ2) is 6.98. The molecule has 0 saturated carbocycles. The normalized spacial score (nSPS) is 15.8. The maximum Gasteiger partial charge on any atom is 0.255 e. The second-order valence-corrected chi connectivity index (χ2v) is 6.96. The third-order valence-corrected chi connectivity index (χ3v) is 4.96. The summed E-state index contributed by atoms with van der Waals surface area (Å²) >= 11 is 1.46. The van der Waals surface area contributed by atoms with Gasteiger partial charge in [-0.25, -0.2) is 0 Å². The van der Waals surface area contributed by atoms with Gasteiger partial charge in [-0.15, -0.1) is 11.8 Å². The molecule has 2 aromatic carbocycles. The Labute approximate surface area is 149 Å². The van der Waals surface area contributed by atoms with Gasteiger partial charge in [0.15, 0.2) is 0 Å². The number of anilines is 2. The molecule has 0 bridgehead atoms. The van der Waals surface area contributed by atoms with Crippen molar-refractivity contribution in [3.05, 3.63) is 53.6 Å². The number of fused-ring (bicyclic) bond motifs is 1. The predicted molar refractivity (Wildman–Crippen MR) is 98.2 cm³/mol. The summed E-state index contributed by atoms with van der Waals surface area (Å²) in [6, 6.07) is 11.9. The molecule has 0 fully saturated rings. The number of benzene rings is 2. The van der Waals surface area contributed by atoms with Crippen molar-refractivity contribution in [3.63, 3.8) is 0 Å². The lowest BCUT2D eigenvalue weighted by Gasteiger charge is -2.21. The molecular weight excluding hydrogens is 338 g/mol. The molecule has 3 N–H and O–H groups in total. The van der Waals surface area contributed by atoms with Crippen LogP contribution < -0.4 is 16.0 Å². The number of thioether (sulfide) groups is 1. The zero-order chi connectivity index (χ0) is 18.0. The Bertz CT molecular complexity index is 866. The highest BCUT2D eigenvalue weighted by Crippen LogP contribution is 2.36. The average molecular weight is 355 g/mol.